The first-order valence-corrected chi connectivity index (χ1v) is 8.00. The second kappa shape index (κ2) is 4.81. The van der Waals surface area contributed by atoms with Crippen molar-refractivity contribution in [2.75, 3.05) is 5.75 Å². The maximum absolute atomic E-state index is 11.8. The number of thiazole rings is 1. The normalized spacial score (nSPS) is 24.4. The smallest absolute Gasteiger partial charge is 0.153 e. The zero-order valence-electron chi connectivity index (χ0n) is 9.05. The van der Waals surface area contributed by atoms with Gasteiger partial charge in [0.2, 0.25) is 0 Å². The van der Waals surface area contributed by atoms with Gasteiger partial charge in [-0.05, 0) is 12.8 Å². The van der Waals surface area contributed by atoms with Gasteiger partial charge in [-0.15, -0.1) is 11.3 Å². The molecule has 1 aliphatic heterocycles. The van der Waals surface area contributed by atoms with E-state index in [1.54, 1.807) is 6.20 Å². The summed E-state index contributed by atoms with van der Waals surface area (Å²) in [6, 6.07) is 0. The van der Waals surface area contributed by atoms with E-state index in [2.05, 4.69) is 4.98 Å². The first kappa shape index (κ1) is 12.0. The summed E-state index contributed by atoms with van der Waals surface area (Å²) in [5.74, 6) is 0.340. The van der Waals surface area contributed by atoms with E-state index in [4.69, 9.17) is 5.73 Å². The predicted octanol–water partition coefficient (Wildman–Crippen LogP) is 1.11. The first-order valence-electron chi connectivity index (χ1n) is 5.47. The van der Waals surface area contributed by atoms with Gasteiger partial charge in [0.25, 0.3) is 0 Å². The van der Waals surface area contributed by atoms with E-state index in [1.165, 1.54) is 11.3 Å². The number of nitrogens with zero attached hydrogens (tertiary/aromatic N) is 1. The standard InChI is InChI=1S/C10H16N2O2S2/c11-6-8-7-12-10(15-8)5-9-3-1-2-4-16(9,13)14/h7,9H,1-6,11H2. The molecule has 2 N–H and O–H groups in total. The molecule has 0 radical (unpaired) electrons. The average molecular weight is 260 g/mol. The van der Waals surface area contributed by atoms with E-state index in [0.717, 1.165) is 29.1 Å². The zero-order valence-corrected chi connectivity index (χ0v) is 10.7. The van der Waals surface area contributed by atoms with Gasteiger partial charge in [-0.2, -0.15) is 0 Å². The predicted molar refractivity (Wildman–Crippen MR) is 65.1 cm³/mol. The molecule has 1 aromatic heterocycles. The van der Waals surface area contributed by atoms with Gasteiger partial charge >= 0.3 is 0 Å². The van der Waals surface area contributed by atoms with Gasteiger partial charge in [-0.3, -0.25) is 0 Å². The lowest BCUT2D eigenvalue weighted by molar-refractivity contribution is 0.537. The zero-order chi connectivity index (χ0) is 11.6. The number of rotatable bonds is 3. The lowest BCUT2D eigenvalue weighted by Gasteiger charge is -2.21. The Kier molecular flexibility index (Phi) is 3.61. The summed E-state index contributed by atoms with van der Waals surface area (Å²) in [6.45, 7) is 0.481. The van der Waals surface area contributed by atoms with E-state index < -0.39 is 9.84 Å². The fourth-order valence-corrected chi connectivity index (χ4v) is 4.85. The molecule has 1 aliphatic rings. The molecule has 2 rings (SSSR count). The molecule has 0 aromatic carbocycles. The van der Waals surface area contributed by atoms with Gasteiger partial charge < -0.3 is 5.73 Å². The number of nitrogens with two attached hydrogens (primary N) is 1. The van der Waals surface area contributed by atoms with Crippen LogP contribution in [0.15, 0.2) is 6.20 Å². The topological polar surface area (TPSA) is 73.0 Å². The monoisotopic (exact) mass is 260 g/mol. The molecule has 1 fully saturated rings. The summed E-state index contributed by atoms with van der Waals surface area (Å²) in [4.78, 5) is 5.24. The molecule has 6 heteroatoms. The van der Waals surface area contributed by atoms with Crippen molar-refractivity contribution in [3.63, 3.8) is 0 Å². The summed E-state index contributed by atoms with van der Waals surface area (Å²) in [5, 5.41) is 0.675. The van der Waals surface area contributed by atoms with Crippen LogP contribution in [0.3, 0.4) is 0 Å². The largest absolute Gasteiger partial charge is 0.326 e. The van der Waals surface area contributed by atoms with E-state index >= 15 is 0 Å². The van der Waals surface area contributed by atoms with Crippen LogP contribution in [-0.2, 0) is 22.8 Å². The molecule has 0 bridgehead atoms. The van der Waals surface area contributed by atoms with Crippen LogP contribution in [0, 0.1) is 0 Å². The van der Waals surface area contributed by atoms with Gasteiger partial charge in [0.05, 0.1) is 16.0 Å². The highest BCUT2D eigenvalue weighted by Crippen LogP contribution is 2.24. The molecule has 0 aliphatic carbocycles. The SMILES string of the molecule is NCc1cnc(CC2CCCCS2(=O)=O)s1. The maximum atomic E-state index is 11.8. The summed E-state index contributed by atoms with van der Waals surface area (Å²) in [5.41, 5.74) is 5.50. The number of sulfone groups is 1. The molecule has 0 saturated carbocycles. The Balaban J connectivity index is 2.08. The van der Waals surface area contributed by atoms with Crippen LogP contribution in [0.1, 0.15) is 29.1 Å². The number of aromatic nitrogens is 1. The van der Waals surface area contributed by atoms with Crippen LogP contribution in [0.25, 0.3) is 0 Å². The van der Waals surface area contributed by atoms with E-state index in [1.807, 2.05) is 0 Å². The van der Waals surface area contributed by atoms with Gasteiger partial charge in [0.1, 0.15) is 0 Å². The molecule has 2 heterocycles. The van der Waals surface area contributed by atoms with Crippen LogP contribution < -0.4 is 5.73 Å². The Morgan fingerprint density at radius 1 is 1.50 bits per heavy atom. The third kappa shape index (κ3) is 2.61. The van der Waals surface area contributed by atoms with Crippen LogP contribution in [0.4, 0.5) is 0 Å². The number of hydrogen-bond acceptors (Lipinski definition) is 5. The van der Waals surface area contributed by atoms with Crippen molar-refractivity contribution >= 4 is 21.2 Å². The fraction of sp³-hybridized carbons (Fsp3) is 0.700. The van der Waals surface area contributed by atoms with Crippen LogP contribution in [0.5, 0.6) is 0 Å². The Labute approximate surface area is 99.8 Å². The van der Waals surface area contributed by atoms with Gasteiger partial charge in [-0.25, -0.2) is 13.4 Å². The molecule has 0 amide bonds. The minimum atomic E-state index is -2.88. The summed E-state index contributed by atoms with van der Waals surface area (Å²) in [7, 11) is -2.88. The Morgan fingerprint density at radius 2 is 2.31 bits per heavy atom. The molecular formula is C10H16N2O2S2. The van der Waals surface area contributed by atoms with Gasteiger partial charge in [-0.1, -0.05) is 6.42 Å². The van der Waals surface area contributed by atoms with Crippen molar-refractivity contribution in [1.82, 2.24) is 4.98 Å². The molecular weight excluding hydrogens is 244 g/mol. The molecule has 1 aromatic rings. The Morgan fingerprint density at radius 3 is 2.94 bits per heavy atom. The summed E-state index contributed by atoms with van der Waals surface area (Å²) in [6.07, 6.45) is 4.91. The molecule has 0 spiro atoms. The second-order valence-corrected chi connectivity index (χ2v) is 7.71. The van der Waals surface area contributed by atoms with Crippen molar-refractivity contribution in [3.05, 3.63) is 16.1 Å². The summed E-state index contributed by atoms with van der Waals surface area (Å²) < 4.78 is 23.6. The number of hydrogen-bond donors (Lipinski definition) is 1. The van der Waals surface area contributed by atoms with Crippen molar-refractivity contribution in [2.24, 2.45) is 5.73 Å². The highest BCUT2D eigenvalue weighted by molar-refractivity contribution is 7.92. The van der Waals surface area contributed by atoms with Crippen molar-refractivity contribution < 1.29 is 8.42 Å². The molecule has 16 heavy (non-hydrogen) atoms. The van der Waals surface area contributed by atoms with Crippen LogP contribution in [-0.4, -0.2) is 24.4 Å². The Hall–Kier alpha value is -0.460. The third-order valence-electron chi connectivity index (χ3n) is 2.92. The fourth-order valence-electron chi connectivity index (χ4n) is 1.98. The lowest BCUT2D eigenvalue weighted by Crippen LogP contribution is -2.30. The molecule has 1 unspecified atom stereocenters. The van der Waals surface area contributed by atoms with Crippen LogP contribution >= 0.6 is 11.3 Å². The molecule has 90 valence electrons. The maximum Gasteiger partial charge on any atom is 0.153 e. The molecule has 1 saturated heterocycles. The minimum Gasteiger partial charge on any atom is -0.326 e. The molecule has 4 nitrogen and oxygen atoms in total. The third-order valence-corrected chi connectivity index (χ3v) is 6.24. The average Bonchev–Trinajstić information content (AvgIpc) is 2.69. The van der Waals surface area contributed by atoms with E-state index in [0.29, 0.717) is 18.7 Å². The van der Waals surface area contributed by atoms with Crippen LogP contribution in [0.2, 0.25) is 0 Å². The highest BCUT2D eigenvalue weighted by atomic mass is 32.2. The van der Waals surface area contributed by atoms with Gasteiger partial charge in [0.15, 0.2) is 9.84 Å². The highest BCUT2D eigenvalue weighted by Gasteiger charge is 2.29. The van der Waals surface area contributed by atoms with Crippen molar-refractivity contribution in [2.45, 2.75) is 37.5 Å². The first-order chi connectivity index (χ1) is 7.62. The second-order valence-electron chi connectivity index (χ2n) is 4.11. The minimum absolute atomic E-state index is 0.224. The van der Waals surface area contributed by atoms with Gasteiger partial charge in [0, 0.05) is 24.0 Å². The molecule has 1 atom stereocenters. The van der Waals surface area contributed by atoms with E-state index in [9.17, 15) is 8.42 Å². The van der Waals surface area contributed by atoms with E-state index in [-0.39, 0.29) is 5.25 Å². The van der Waals surface area contributed by atoms with Crippen molar-refractivity contribution in [3.8, 4) is 0 Å². The lowest BCUT2D eigenvalue weighted by atomic mass is 10.1. The Bertz CT molecular complexity index is 453. The quantitative estimate of drug-likeness (QED) is 0.883. The summed E-state index contributed by atoms with van der Waals surface area (Å²) >= 11 is 1.53. The van der Waals surface area contributed by atoms with Crippen molar-refractivity contribution in [1.29, 1.82) is 0 Å².